The number of aldehydes is 1. The third-order valence-electron chi connectivity index (χ3n) is 2.28. The number of hydrogen-bond donors (Lipinski definition) is 0. The van der Waals surface area contributed by atoms with Crippen LogP contribution in [0.3, 0.4) is 0 Å². The summed E-state index contributed by atoms with van der Waals surface area (Å²) in [4.78, 5) is 11.3. The molecule has 0 saturated carbocycles. The van der Waals surface area contributed by atoms with Gasteiger partial charge >= 0.3 is 0 Å². The van der Waals surface area contributed by atoms with Crippen LogP contribution < -0.4 is 4.74 Å². The van der Waals surface area contributed by atoms with E-state index >= 15 is 0 Å². The highest BCUT2D eigenvalue weighted by Gasteiger charge is 2.11. The first-order valence-electron chi connectivity index (χ1n) is 4.39. The first-order chi connectivity index (χ1) is 7.17. The molecule has 0 bridgehead atoms. The Morgan fingerprint density at radius 2 is 2.20 bits per heavy atom. The normalized spacial score (nSPS) is 10.6. The highest BCUT2D eigenvalue weighted by molar-refractivity contribution is 7.21. The zero-order chi connectivity index (χ0) is 11.0. The van der Waals surface area contributed by atoms with Gasteiger partial charge in [-0.15, -0.1) is 11.3 Å². The highest BCUT2D eigenvalue weighted by Crippen LogP contribution is 2.37. The smallest absolute Gasteiger partial charge is 0.161 e. The third kappa shape index (κ3) is 1.62. The Kier molecular flexibility index (Phi) is 2.67. The third-order valence-corrected chi connectivity index (χ3v) is 3.87. The monoisotopic (exact) mass is 240 g/mol. The van der Waals surface area contributed by atoms with E-state index in [9.17, 15) is 4.79 Å². The summed E-state index contributed by atoms with van der Waals surface area (Å²) in [6.07, 6.45) is 0.787. The molecule has 1 aromatic heterocycles. The van der Waals surface area contributed by atoms with Crippen LogP contribution in [0.15, 0.2) is 12.1 Å². The van der Waals surface area contributed by atoms with Gasteiger partial charge in [0.15, 0.2) is 6.29 Å². The molecular weight excluding hydrogens is 232 g/mol. The van der Waals surface area contributed by atoms with Crippen molar-refractivity contribution >= 4 is 39.3 Å². The summed E-state index contributed by atoms with van der Waals surface area (Å²) in [5.74, 6) is 0.791. The van der Waals surface area contributed by atoms with Crippen LogP contribution in [0.2, 0.25) is 5.02 Å². The second-order valence-electron chi connectivity index (χ2n) is 3.22. The zero-order valence-corrected chi connectivity index (χ0v) is 9.91. The summed E-state index contributed by atoms with van der Waals surface area (Å²) in [7, 11) is 1.62. The number of methoxy groups -OCH3 is 1. The molecule has 0 fully saturated rings. The lowest BCUT2D eigenvalue weighted by Crippen LogP contribution is -1.85. The number of benzene rings is 1. The second kappa shape index (κ2) is 3.83. The average molecular weight is 241 g/mol. The molecule has 0 aliphatic heterocycles. The fourth-order valence-corrected chi connectivity index (χ4v) is 2.87. The van der Waals surface area contributed by atoms with Crippen LogP contribution in [-0.4, -0.2) is 13.4 Å². The average Bonchev–Trinajstić information content (AvgIpc) is 2.54. The number of carbonyl (C=O) groups is 1. The maximum Gasteiger partial charge on any atom is 0.161 e. The number of hydrogen-bond acceptors (Lipinski definition) is 3. The van der Waals surface area contributed by atoms with Crippen molar-refractivity contribution < 1.29 is 9.53 Å². The molecule has 0 unspecified atom stereocenters. The predicted molar refractivity (Wildman–Crippen MR) is 63.5 cm³/mol. The lowest BCUT2D eigenvalue weighted by atomic mass is 10.1. The Hall–Kier alpha value is -1.06. The number of rotatable bonds is 2. The number of fused-ring (bicyclic) bond motifs is 1. The van der Waals surface area contributed by atoms with E-state index in [1.54, 1.807) is 7.11 Å². The van der Waals surface area contributed by atoms with Gasteiger partial charge in [0.1, 0.15) is 5.75 Å². The topological polar surface area (TPSA) is 26.3 Å². The van der Waals surface area contributed by atoms with Crippen LogP contribution in [0.4, 0.5) is 0 Å². The molecule has 78 valence electrons. The van der Waals surface area contributed by atoms with Crippen LogP contribution >= 0.6 is 22.9 Å². The van der Waals surface area contributed by atoms with Crippen molar-refractivity contribution in [1.29, 1.82) is 0 Å². The SMILES string of the molecule is COc1cc2c(Cl)c(C=O)sc2cc1C. The predicted octanol–water partition coefficient (Wildman–Crippen LogP) is 3.68. The lowest BCUT2D eigenvalue weighted by Gasteiger charge is -2.03. The van der Waals surface area contributed by atoms with Crippen molar-refractivity contribution in [3.05, 3.63) is 27.6 Å². The van der Waals surface area contributed by atoms with E-state index in [4.69, 9.17) is 16.3 Å². The van der Waals surface area contributed by atoms with Crippen molar-refractivity contribution in [3.63, 3.8) is 0 Å². The highest BCUT2D eigenvalue weighted by atomic mass is 35.5. The van der Waals surface area contributed by atoms with Gasteiger partial charge in [-0.1, -0.05) is 11.6 Å². The molecule has 15 heavy (non-hydrogen) atoms. The first kappa shape index (κ1) is 10.5. The van der Waals surface area contributed by atoms with E-state index in [0.29, 0.717) is 9.90 Å². The van der Waals surface area contributed by atoms with Crippen molar-refractivity contribution in [2.45, 2.75) is 6.92 Å². The molecule has 1 aromatic carbocycles. The number of ether oxygens (including phenoxy) is 1. The molecule has 2 aromatic rings. The minimum atomic E-state index is 0.517. The fourth-order valence-electron chi connectivity index (χ4n) is 1.51. The molecule has 0 spiro atoms. The molecule has 0 radical (unpaired) electrons. The molecule has 0 atom stereocenters. The van der Waals surface area contributed by atoms with Gasteiger partial charge in [-0.3, -0.25) is 4.79 Å². The first-order valence-corrected chi connectivity index (χ1v) is 5.58. The van der Waals surface area contributed by atoms with Crippen LogP contribution in [0.5, 0.6) is 5.75 Å². The Labute approximate surface area is 96.4 Å². The Bertz CT molecular complexity index is 531. The van der Waals surface area contributed by atoms with Gasteiger partial charge in [0.05, 0.1) is 17.0 Å². The molecular formula is C11H9ClO2S. The van der Waals surface area contributed by atoms with Gasteiger partial charge in [-0.2, -0.15) is 0 Å². The van der Waals surface area contributed by atoms with E-state index in [0.717, 1.165) is 27.7 Å². The van der Waals surface area contributed by atoms with Gasteiger partial charge in [-0.25, -0.2) is 0 Å². The molecule has 0 N–H and O–H groups in total. The summed E-state index contributed by atoms with van der Waals surface area (Å²) < 4.78 is 6.22. The molecule has 0 saturated heterocycles. The second-order valence-corrected chi connectivity index (χ2v) is 4.68. The quantitative estimate of drug-likeness (QED) is 0.749. The molecule has 1 heterocycles. The van der Waals surface area contributed by atoms with E-state index in [1.165, 1.54) is 11.3 Å². The van der Waals surface area contributed by atoms with Crippen LogP contribution in [0.25, 0.3) is 10.1 Å². The summed E-state index contributed by atoms with van der Waals surface area (Å²) >= 11 is 7.46. The minimum absolute atomic E-state index is 0.517. The number of carbonyl (C=O) groups excluding carboxylic acids is 1. The molecule has 0 amide bonds. The van der Waals surface area contributed by atoms with E-state index < -0.39 is 0 Å². The maximum absolute atomic E-state index is 10.7. The van der Waals surface area contributed by atoms with E-state index in [-0.39, 0.29) is 0 Å². The minimum Gasteiger partial charge on any atom is -0.496 e. The molecule has 0 aliphatic rings. The molecule has 2 rings (SSSR count). The van der Waals surface area contributed by atoms with Crippen LogP contribution in [0.1, 0.15) is 15.2 Å². The molecule has 2 nitrogen and oxygen atoms in total. The summed E-state index contributed by atoms with van der Waals surface area (Å²) in [5.41, 5.74) is 1.04. The van der Waals surface area contributed by atoms with Gasteiger partial charge in [0.25, 0.3) is 0 Å². The zero-order valence-electron chi connectivity index (χ0n) is 8.33. The van der Waals surface area contributed by atoms with Crippen molar-refractivity contribution in [1.82, 2.24) is 0 Å². The number of halogens is 1. The van der Waals surface area contributed by atoms with Gasteiger partial charge in [0, 0.05) is 10.1 Å². The van der Waals surface area contributed by atoms with Crippen molar-refractivity contribution in [2.24, 2.45) is 0 Å². The number of aryl methyl sites for hydroxylation is 1. The molecule has 4 heteroatoms. The Balaban J connectivity index is 2.79. The lowest BCUT2D eigenvalue weighted by molar-refractivity contribution is 0.112. The van der Waals surface area contributed by atoms with Crippen molar-refractivity contribution in [3.8, 4) is 5.75 Å². The Morgan fingerprint density at radius 3 is 2.80 bits per heavy atom. The fraction of sp³-hybridized carbons (Fsp3) is 0.182. The van der Waals surface area contributed by atoms with Crippen molar-refractivity contribution in [2.75, 3.05) is 7.11 Å². The van der Waals surface area contributed by atoms with Gasteiger partial charge in [0.2, 0.25) is 0 Å². The van der Waals surface area contributed by atoms with Gasteiger partial charge in [-0.05, 0) is 24.6 Å². The van der Waals surface area contributed by atoms with E-state index in [1.807, 2.05) is 19.1 Å². The van der Waals surface area contributed by atoms with E-state index in [2.05, 4.69) is 0 Å². The molecule has 0 aliphatic carbocycles. The summed E-state index contributed by atoms with van der Waals surface area (Å²) in [6.45, 7) is 1.96. The van der Waals surface area contributed by atoms with Crippen LogP contribution in [0, 0.1) is 6.92 Å². The number of thiophene rings is 1. The Morgan fingerprint density at radius 1 is 1.47 bits per heavy atom. The summed E-state index contributed by atoms with van der Waals surface area (Å²) in [6, 6.07) is 3.86. The largest absolute Gasteiger partial charge is 0.496 e. The van der Waals surface area contributed by atoms with Gasteiger partial charge < -0.3 is 4.74 Å². The standard InChI is InChI=1S/C11H9ClO2S/c1-6-3-9-7(4-8(6)14-2)11(12)10(5-13)15-9/h3-5H,1-2H3. The summed E-state index contributed by atoms with van der Waals surface area (Å²) in [5, 5.41) is 1.40. The van der Waals surface area contributed by atoms with Crippen LogP contribution in [-0.2, 0) is 0 Å². The maximum atomic E-state index is 10.7.